The summed E-state index contributed by atoms with van der Waals surface area (Å²) in [5.41, 5.74) is 0.984. The maximum atomic E-state index is 12.2. The highest BCUT2D eigenvalue weighted by Crippen LogP contribution is 2.11. The fourth-order valence-electron chi connectivity index (χ4n) is 2.40. The largest absolute Gasteiger partial charge is 0.338 e. The quantitative estimate of drug-likeness (QED) is 0.846. The van der Waals surface area contributed by atoms with Gasteiger partial charge in [-0.05, 0) is 50.1 Å². The molecule has 4 heteroatoms. The van der Waals surface area contributed by atoms with Gasteiger partial charge in [-0.15, -0.1) is 0 Å². The number of hydrogen-bond donors (Lipinski definition) is 1. The number of carbonyl (C=O) groups excluding carboxylic acids is 1. The van der Waals surface area contributed by atoms with Gasteiger partial charge in [0.2, 0.25) is 5.91 Å². The lowest BCUT2D eigenvalue weighted by molar-refractivity contribution is -0.126. The number of nitrogens with zero attached hydrogens (tertiary/aromatic N) is 1. The van der Waals surface area contributed by atoms with Crippen LogP contribution >= 0.6 is 11.6 Å². The fraction of sp³-hybridized carbons (Fsp3) is 0.438. The van der Waals surface area contributed by atoms with Gasteiger partial charge in [-0.1, -0.05) is 23.7 Å². The van der Waals surface area contributed by atoms with Crippen LogP contribution in [0.25, 0.3) is 6.08 Å². The minimum atomic E-state index is 0.0659. The van der Waals surface area contributed by atoms with Gasteiger partial charge in [0.05, 0.1) is 0 Å². The van der Waals surface area contributed by atoms with E-state index < -0.39 is 0 Å². The lowest BCUT2D eigenvalue weighted by atomic mass is 10.2. The molecule has 2 rings (SSSR count). The van der Waals surface area contributed by atoms with Gasteiger partial charge in [-0.3, -0.25) is 4.79 Å². The molecule has 1 heterocycles. The highest BCUT2D eigenvalue weighted by Gasteiger charge is 2.18. The number of halogens is 1. The van der Waals surface area contributed by atoms with Crippen molar-refractivity contribution in [1.82, 2.24) is 10.2 Å². The minimum Gasteiger partial charge on any atom is -0.338 e. The molecule has 108 valence electrons. The lowest BCUT2D eigenvalue weighted by Gasteiger charge is -2.23. The van der Waals surface area contributed by atoms with Gasteiger partial charge in [0.25, 0.3) is 0 Å². The molecule has 1 amide bonds. The van der Waals surface area contributed by atoms with Crippen LogP contribution in [0.3, 0.4) is 0 Å². The average molecular weight is 293 g/mol. The van der Waals surface area contributed by atoms with E-state index in [2.05, 4.69) is 5.32 Å². The Morgan fingerprint density at radius 1 is 1.45 bits per heavy atom. The second-order valence-electron chi connectivity index (χ2n) is 5.06. The Bertz CT molecular complexity index is 464. The summed E-state index contributed by atoms with van der Waals surface area (Å²) in [6, 6.07) is 7.90. The van der Waals surface area contributed by atoms with Crippen molar-refractivity contribution in [3.63, 3.8) is 0 Å². The van der Waals surface area contributed by atoms with Crippen molar-refractivity contribution in [2.45, 2.75) is 25.8 Å². The summed E-state index contributed by atoms with van der Waals surface area (Å²) in [7, 11) is 0. The summed E-state index contributed by atoms with van der Waals surface area (Å²) in [5.74, 6) is 0.0659. The van der Waals surface area contributed by atoms with Crippen LogP contribution in [-0.4, -0.2) is 36.5 Å². The van der Waals surface area contributed by atoms with E-state index in [1.54, 1.807) is 6.08 Å². The molecule has 1 aromatic rings. The van der Waals surface area contributed by atoms with Crippen LogP contribution in [-0.2, 0) is 4.79 Å². The summed E-state index contributed by atoms with van der Waals surface area (Å²) >= 11 is 5.84. The number of benzene rings is 1. The lowest BCUT2D eigenvalue weighted by Crippen LogP contribution is -2.40. The molecule has 0 bridgehead atoms. The van der Waals surface area contributed by atoms with Crippen molar-refractivity contribution < 1.29 is 4.79 Å². The van der Waals surface area contributed by atoms with Gasteiger partial charge in [-0.2, -0.15) is 0 Å². The van der Waals surface area contributed by atoms with Crippen LogP contribution in [0.2, 0.25) is 5.02 Å². The van der Waals surface area contributed by atoms with Crippen LogP contribution < -0.4 is 5.32 Å². The second-order valence-corrected chi connectivity index (χ2v) is 5.49. The molecular weight excluding hydrogens is 272 g/mol. The van der Waals surface area contributed by atoms with Crippen molar-refractivity contribution in [2.24, 2.45) is 0 Å². The Labute approximate surface area is 125 Å². The van der Waals surface area contributed by atoms with Crippen molar-refractivity contribution >= 4 is 23.6 Å². The van der Waals surface area contributed by atoms with Gasteiger partial charge >= 0.3 is 0 Å². The van der Waals surface area contributed by atoms with Crippen molar-refractivity contribution in [3.05, 3.63) is 40.9 Å². The van der Waals surface area contributed by atoms with E-state index in [-0.39, 0.29) is 5.91 Å². The van der Waals surface area contributed by atoms with E-state index in [1.165, 1.54) is 6.42 Å². The first kappa shape index (κ1) is 15.1. The Hall–Kier alpha value is -1.32. The monoisotopic (exact) mass is 292 g/mol. The molecule has 1 fully saturated rings. The summed E-state index contributed by atoms with van der Waals surface area (Å²) in [4.78, 5) is 14.1. The first-order chi connectivity index (χ1) is 9.69. The molecule has 0 aromatic heterocycles. The van der Waals surface area contributed by atoms with Crippen LogP contribution in [0.15, 0.2) is 30.3 Å². The normalized spacial score (nSPS) is 18.6. The van der Waals surface area contributed by atoms with E-state index in [0.717, 1.165) is 31.6 Å². The standard InChI is InChI=1S/C16H21ClN2O/c1-2-19(12-15-4-3-11-18-15)16(20)10-7-13-5-8-14(17)9-6-13/h5-10,15,18H,2-4,11-12H2,1H3/b10-7+. The Morgan fingerprint density at radius 3 is 2.80 bits per heavy atom. The zero-order chi connectivity index (χ0) is 14.4. The van der Waals surface area contributed by atoms with Crippen molar-refractivity contribution in [1.29, 1.82) is 0 Å². The molecule has 1 unspecified atom stereocenters. The molecule has 1 aliphatic heterocycles. The average Bonchev–Trinajstić information content (AvgIpc) is 2.97. The molecule has 1 aliphatic rings. The van der Waals surface area contributed by atoms with Gasteiger partial charge in [-0.25, -0.2) is 0 Å². The van der Waals surface area contributed by atoms with Crippen LogP contribution in [0.5, 0.6) is 0 Å². The number of carbonyl (C=O) groups is 1. The smallest absolute Gasteiger partial charge is 0.246 e. The molecule has 0 aliphatic carbocycles. The molecule has 1 atom stereocenters. The third-order valence-corrected chi connectivity index (χ3v) is 3.84. The predicted octanol–water partition coefficient (Wildman–Crippen LogP) is 2.95. The molecule has 1 N–H and O–H groups in total. The zero-order valence-electron chi connectivity index (χ0n) is 11.8. The van der Waals surface area contributed by atoms with Crippen LogP contribution in [0.1, 0.15) is 25.3 Å². The molecule has 1 aromatic carbocycles. The van der Waals surface area contributed by atoms with E-state index in [4.69, 9.17) is 11.6 Å². The third-order valence-electron chi connectivity index (χ3n) is 3.58. The van der Waals surface area contributed by atoms with Crippen molar-refractivity contribution in [2.75, 3.05) is 19.6 Å². The zero-order valence-corrected chi connectivity index (χ0v) is 12.6. The number of likely N-dealkylation sites (N-methyl/N-ethyl adjacent to an activating group) is 1. The molecular formula is C16H21ClN2O. The fourth-order valence-corrected chi connectivity index (χ4v) is 2.53. The summed E-state index contributed by atoms with van der Waals surface area (Å²) in [6.45, 7) is 4.61. The Morgan fingerprint density at radius 2 is 2.20 bits per heavy atom. The van der Waals surface area contributed by atoms with Crippen LogP contribution in [0, 0.1) is 0 Å². The summed E-state index contributed by atoms with van der Waals surface area (Å²) in [6.07, 6.45) is 5.84. The summed E-state index contributed by atoms with van der Waals surface area (Å²) in [5, 5.41) is 4.13. The Balaban J connectivity index is 1.92. The molecule has 1 saturated heterocycles. The van der Waals surface area contributed by atoms with E-state index in [9.17, 15) is 4.79 Å². The minimum absolute atomic E-state index is 0.0659. The molecule has 0 spiro atoms. The maximum Gasteiger partial charge on any atom is 0.246 e. The Kier molecular flexibility index (Phi) is 5.62. The highest BCUT2D eigenvalue weighted by atomic mass is 35.5. The van der Waals surface area contributed by atoms with E-state index >= 15 is 0 Å². The van der Waals surface area contributed by atoms with Gasteiger partial charge < -0.3 is 10.2 Å². The van der Waals surface area contributed by atoms with Gasteiger partial charge in [0, 0.05) is 30.2 Å². The third kappa shape index (κ3) is 4.36. The van der Waals surface area contributed by atoms with Crippen LogP contribution in [0.4, 0.5) is 0 Å². The molecule has 3 nitrogen and oxygen atoms in total. The van der Waals surface area contributed by atoms with E-state index in [0.29, 0.717) is 11.1 Å². The first-order valence-electron chi connectivity index (χ1n) is 7.15. The topological polar surface area (TPSA) is 32.3 Å². The van der Waals surface area contributed by atoms with E-state index in [1.807, 2.05) is 42.2 Å². The number of amides is 1. The van der Waals surface area contributed by atoms with Gasteiger partial charge in [0.1, 0.15) is 0 Å². The van der Waals surface area contributed by atoms with Gasteiger partial charge in [0.15, 0.2) is 0 Å². The maximum absolute atomic E-state index is 12.2. The predicted molar refractivity (Wildman–Crippen MR) is 83.8 cm³/mol. The number of rotatable bonds is 5. The highest BCUT2D eigenvalue weighted by molar-refractivity contribution is 6.30. The molecule has 20 heavy (non-hydrogen) atoms. The van der Waals surface area contributed by atoms with Crippen molar-refractivity contribution in [3.8, 4) is 0 Å². The molecule has 0 saturated carbocycles. The number of nitrogens with one attached hydrogen (secondary N) is 1. The molecule has 0 radical (unpaired) electrons. The number of hydrogen-bond acceptors (Lipinski definition) is 2. The first-order valence-corrected chi connectivity index (χ1v) is 7.53. The second kappa shape index (κ2) is 7.46. The summed E-state index contributed by atoms with van der Waals surface area (Å²) < 4.78 is 0. The SMILES string of the molecule is CCN(CC1CCCN1)C(=O)/C=C/c1ccc(Cl)cc1.